The third kappa shape index (κ3) is 16.8. The van der Waals surface area contributed by atoms with E-state index in [4.69, 9.17) is 20.4 Å². The number of aliphatic imine (C=N–C) groups is 1. The number of nitrogens with one attached hydrogen (secondary N) is 1. The molecule has 0 bridgehead atoms. The Labute approximate surface area is 252 Å². The van der Waals surface area contributed by atoms with Crippen LogP contribution in [0.5, 0.6) is 0 Å². The maximum absolute atomic E-state index is 10.3. The molecule has 0 amide bonds. The van der Waals surface area contributed by atoms with Crippen LogP contribution in [0.1, 0.15) is 40.5 Å². The number of carboxylic acid groups (broad SMARTS) is 3. The molecule has 13 nitrogen and oxygen atoms in total. The average Bonchev–Trinajstić information content (AvgIpc) is 2.94. The number of likely N-dealkylation sites (N-methyl/N-ethyl adjacent to an activating group) is 2. The molecule has 0 heterocycles. The molecule has 236 valence electrons. The summed E-state index contributed by atoms with van der Waals surface area (Å²) in [4.78, 5) is 42.9. The van der Waals surface area contributed by atoms with Crippen molar-refractivity contribution in [1.29, 1.82) is 5.26 Å². The Kier molecular flexibility index (Phi) is 20.5. The number of aliphatic hydroxyl groups is 1. The largest absolute Gasteiger partial charge is 0.481 e. The van der Waals surface area contributed by atoms with Crippen molar-refractivity contribution in [2.45, 2.75) is 51.0 Å². The van der Waals surface area contributed by atoms with Crippen LogP contribution in [0.15, 0.2) is 40.2 Å². The monoisotopic (exact) mass is 610 g/mol. The molecule has 0 atom stereocenters. The summed E-state index contributed by atoms with van der Waals surface area (Å²) in [5, 5.41) is 46.5. The molecule has 0 aliphatic carbocycles. The van der Waals surface area contributed by atoms with E-state index >= 15 is 0 Å². The summed E-state index contributed by atoms with van der Waals surface area (Å²) in [5.74, 6) is -3.38. The van der Waals surface area contributed by atoms with Crippen LogP contribution in [0.2, 0.25) is 0 Å². The standard InChI is InChI=1S/C22H38N6S.C6H8O7/c1-5-26(6-2)15-14-24-22(25-20-23)28(17-16-27(7-3)8-4)18-19-29-21-12-10-9-11-13-21;7-3(8)1-6(13,5(11)12)2-4(9)10/h9-13H,5-8,14-19H2,1-4H3,(H,24,25);13H,1-2H2,(H,7,8)(H,9,10)(H,11,12). The quantitative estimate of drug-likeness (QED) is 0.0662. The lowest BCUT2D eigenvalue weighted by Gasteiger charge is -2.29. The van der Waals surface area contributed by atoms with Gasteiger partial charge in [0.15, 0.2) is 5.60 Å². The number of guanidine groups is 1. The minimum absolute atomic E-state index is 0.695. The topological polar surface area (TPSA) is 190 Å². The van der Waals surface area contributed by atoms with E-state index in [-0.39, 0.29) is 0 Å². The number of aliphatic carboxylic acids is 3. The van der Waals surface area contributed by atoms with E-state index < -0.39 is 36.4 Å². The van der Waals surface area contributed by atoms with Crippen LogP contribution in [0.4, 0.5) is 0 Å². The van der Waals surface area contributed by atoms with E-state index in [1.54, 1.807) is 0 Å². The molecule has 0 spiro atoms. The summed E-state index contributed by atoms with van der Waals surface area (Å²) in [6, 6.07) is 10.4. The van der Waals surface area contributed by atoms with Crippen LogP contribution in [0, 0.1) is 11.5 Å². The fourth-order valence-corrected chi connectivity index (χ4v) is 4.66. The molecule has 0 saturated heterocycles. The lowest BCUT2D eigenvalue weighted by atomic mass is 9.96. The van der Waals surface area contributed by atoms with E-state index in [0.29, 0.717) is 5.96 Å². The summed E-state index contributed by atoms with van der Waals surface area (Å²) in [5.41, 5.74) is -2.74. The molecule has 0 unspecified atom stereocenters. The Balaban J connectivity index is 0.00000108. The molecule has 42 heavy (non-hydrogen) atoms. The maximum Gasteiger partial charge on any atom is 0.336 e. The zero-order valence-electron chi connectivity index (χ0n) is 25.0. The Morgan fingerprint density at radius 1 is 0.881 bits per heavy atom. The van der Waals surface area contributed by atoms with Crippen LogP contribution in [0.3, 0.4) is 0 Å². The van der Waals surface area contributed by atoms with E-state index in [2.05, 4.69) is 77.0 Å². The van der Waals surface area contributed by atoms with Crippen molar-refractivity contribution in [3.05, 3.63) is 30.3 Å². The fraction of sp³-hybridized carbons (Fsp3) is 0.607. The van der Waals surface area contributed by atoms with Gasteiger partial charge in [0, 0.05) is 43.4 Å². The SMILES string of the molecule is CCN(CC)CCN/C(=N/C#N)N(CCSc1ccccc1)CCN(CC)CC.O=C(O)CC(O)(CC(=O)O)C(=O)O. The first-order valence-electron chi connectivity index (χ1n) is 13.9. The van der Waals surface area contributed by atoms with Crippen molar-refractivity contribution in [1.82, 2.24) is 20.0 Å². The lowest BCUT2D eigenvalue weighted by molar-refractivity contribution is -0.170. The third-order valence-electron chi connectivity index (χ3n) is 6.30. The zero-order chi connectivity index (χ0) is 32.0. The minimum atomic E-state index is -2.74. The Bertz CT molecular complexity index is 982. The van der Waals surface area contributed by atoms with Crippen molar-refractivity contribution in [3.8, 4) is 6.19 Å². The molecule has 14 heteroatoms. The van der Waals surface area contributed by atoms with Crippen LogP contribution in [-0.2, 0) is 14.4 Å². The highest BCUT2D eigenvalue weighted by atomic mass is 32.2. The second-order valence-corrected chi connectivity index (χ2v) is 10.3. The molecule has 0 aromatic heterocycles. The summed E-state index contributed by atoms with van der Waals surface area (Å²) in [6.45, 7) is 17.2. The number of carboxylic acids is 3. The minimum Gasteiger partial charge on any atom is -0.481 e. The normalized spacial score (nSPS) is 11.4. The van der Waals surface area contributed by atoms with Gasteiger partial charge in [-0.05, 0) is 38.3 Å². The second-order valence-electron chi connectivity index (χ2n) is 9.14. The van der Waals surface area contributed by atoms with E-state index in [9.17, 15) is 19.6 Å². The van der Waals surface area contributed by atoms with Gasteiger partial charge in [-0.15, -0.1) is 16.8 Å². The average molecular weight is 611 g/mol. The van der Waals surface area contributed by atoms with Gasteiger partial charge in [0.1, 0.15) is 0 Å². The van der Waals surface area contributed by atoms with Gasteiger partial charge in [0.05, 0.1) is 12.8 Å². The molecule has 0 saturated carbocycles. The number of thioether (sulfide) groups is 1. The molecule has 0 aliphatic rings. The van der Waals surface area contributed by atoms with Crippen LogP contribution < -0.4 is 5.32 Å². The van der Waals surface area contributed by atoms with Crippen molar-refractivity contribution < 1.29 is 34.8 Å². The fourth-order valence-electron chi connectivity index (χ4n) is 3.77. The van der Waals surface area contributed by atoms with Crippen molar-refractivity contribution in [2.75, 3.05) is 64.7 Å². The van der Waals surface area contributed by atoms with Gasteiger partial charge < -0.3 is 40.4 Å². The molecule has 5 N–H and O–H groups in total. The number of rotatable bonds is 19. The van der Waals surface area contributed by atoms with Gasteiger partial charge in [-0.2, -0.15) is 5.26 Å². The van der Waals surface area contributed by atoms with Crippen LogP contribution in [0.25, 0.3) is 0 Å². The first-order valence-corrected chi connectivity index (χ1v) is 14.9. The van der Waals surface area contributed by atoms with E-state index in [1.807, 2.05) is 24.0 Å². The number of hydrogen-bond acceptors (Lipinski definition) is 9. The summed E-state index contributed by atoms with van der Waals surface area (Å²) in [6.07, 6.45) is -0.301. The number of hydrogen-bond donors (Lipinski definition) is 5. The highest BCUT2D eigenvalue weighted by Gasteiger charge is 2.40. The molecule has 1 rings (SSSR count). The van der Waals surface area contributed by atoms with Gasteiger partial charge in [0.25, 0.3) is 0 Å². The highest BCUT2D eigenvalue weighted by Crippen LogP contribution is 2.17. The molecule has 1 aromatic rings. The maximum atomic E-state index is 10.3. The first-order chi connectivity index (χ1) is 20.0. The molecule has 1 aromatic carbocycles. The lowest BCUT2D eigenvalue weighted by Crippen LogP contribution is -2.47. The number of benzene rings is 1. The molecule has 0 radical (unpaired) electrons. The van der Waals surface area contributed by atoms with Crippen molar-refractivity contribution in [2.24, 2.45) is 4.99 Å². The zero-order valence-corrected chi connectivity index (χ0v) is 25.8. The Morgan fingerprint density at radius 2 is 1.40 bits per heavy atom. The smallest absolute Gasteiger partial charge is 0.336 e. The third-order valence-corrected chi connectivity index (χ3v) is 7.29. The van der Waals surface area contributed by atoms with E-state index in [1.165, 1.54) is 4.90 Å². The Hall–Kier alpha value is -3.38. The first kappa shape index (κ1) is 38.6. The second kappa shape index (κ2) is 22.2. The van der Waals surface area contributed by atoms with Gasteiger partial charge in [0.2, 0.25) is 12.2 Å². The van der Waals surface area contributed by atoms with Crippen LogP contribution in [-0.4, -0.2) is 129 Å². The predicted molar refractivity (Wildman–Crippen MR) is 162 cm³/mol. The van der Waals surface area contributed by atoms with Crippen molar-refractivity contribution >= 4 is 35.6 Å². The van der Waals surface area contributed by atoms with Gasteiger partial charge in [-0.1, -0.05) is 45.9 Å². The molecule has 0 aliphatic heterocycles. The summed E-state index contributed by atoms with van der Waals surface area (Å²) in [7, 11) is 0. The summed E-state index contributed by atoms with van der Waals surface area (Å²) >= 11 is 1.84. The van der Waals surface area contributed by atoms with Crippen molar-refractivity contribution in [3.63, 3.8) is 0 Å². The number of carbonyl (C=O) groups is 3. The predicted octanol–water partition coefficient (Wildman–Crippen LogP) is 1.94. The molecular weight excluding hydrogens is 564 g/mol. The van der Waals surface area contributed by atoms with Crippen LogP contribution >= 0.6 is 11.8 Å². The highest BCUT2D eigenvalue weighted by molar-refractivity contribution is 7.99. The number of nitriles is 1. The van der Waals surface area contributed by atoms with Gasteiger partial charge in [-0.3, -0.25) is 9.59 Å². The number of nitrogens with zero attached hydrogens (tertiary/aromatic N) is 5. The molecule has 0 fully saturated rings. The van der Waals surface area contributed by atoms with Gasteiger partial charge >= 0.3 is 17.9 Å². The summed E-state index contributed by atoms with van der Waals surface area (Å²) < 4.78 is 0. The van der Waals surface area contributed by atoms with Gasteiger partial charge in [-0.25, -0.2) is 4.79 Å². The van der Waals surface area contributed by atoms with E-state index in [0.717, 1.165) is 64.7 Å². The Morgan fingerprint density at radius 3 is 1.86 bits per heavy atom. The molecular formula is C28H46N6O7S.